The van der Waals surface area contributed by atoms with E-state index in [4.69, 9.17) is 0 Å². The van der Waals surface area contributed by atoms with Gasteiger partial charge in [0.05, 0.1) is 0 Å². The first-order valence-electron chi connectivity index (χ1n) is 7.68. The lowest BCUT2D eigenvalue weighted by Gasteiger charge is -2.10. The summed E-state index contributed by atoms with van der Waals surface area (Å²) in [6.07, 6.45) is 17.0. The van der Waals surface area contributed by atoms with Crippen LogP contribution >= 0.6 is 0 Å². The van der Waals surface area contributed by atoms with Gasteiger partial charge in [-0.3, -0.25) is 0 Å². The topological polar surface area (TPSA) is 0 Å². The lowest BCUT2D eigenvalue weighted by molar-refractivity contribution is 0.550. The molecular formula is C16H33. The third-order valence-corrected chi connectivity index (χ3v) is 3.63. The van der Waals surface area contributed by atoms with Gasteiger partial charge in [0.2, 0.25) is 0 Å². The first-order valence-corrected chi connectivity index (χ1v) is 7.68. The zero-order valence-electron chi connectivity index (χ0n) is 12.0. The highest BCUT2D eigenvalue weighted by molar-refractivity contribution is 4.85. The minimum absolute atomic E-state index is 1.30. The fourth-order valence-electron chi connectivity index (χ4n) is 2.29. The molecule has 0 N–H and O–H groups in total. The van der Waals surface area contributed by atoms with E-state index in [1.807, 2.05) is 0 Å². The second kappa shape index (κ2) is 13.1. The van der Waals surface area contributed by atoms with Gasteiger partial charge in [-0.05, 0) is 25.2 Å². The second-order valence-corrected chi connectivity index (χ2v) is 5.04. The average molecular weight is 225 g/mol. The van der Waals surface area contributed by atoms with E-state index < -0.39 is 0 Å². The molecule has 0 aromatic heterocycles. The summed E-state index contributed by atoms with van der Waals surface area (Å²) in [7, 11) is 0. The second-order valence-electron chi connectivity index (χ2n) is 5.04. The lowest BCUT2D eigenvalue weighted by Crippen LogP contribution is -1.93. The smallest absolute Gasteiger partial charge is 0.0246 e. The summed E-state index contributed by atoms with van der Waals surface area (Å²) in [4.78, 5) is 0. The molecule has 0 fully saturated rings. The maximum absolute atomic E-state index is 2.30. The van der Waals surface area contributed by atoms with Gasteiger partial charge in [-0.2, -0.15) is 0 Å². The normalized spacial score (nSPS) is 11.2. The maximum atomic E-state index is 2.30. The summed E-state index contributed by atoms with van der Waals surface area (Å²) in [5.41, 5.74) is 0. The van der Waals surface area contributed by atoms with Crippen LogP contribution < -0.4 is 0 Å². The summed E-state index contributed by atoms with van der Waals surface area (Å²) < 4.78 is 0. The Kier molecular flexibility index (Phi) is 13.1. The minimum Gasteiger partial charge on any atom is -0.0654 e. The Morgan fingerprint density at radius 2 is 1.00 bits per heavy atom. The largest absolute Gasteiger partial charge is 0.0654 e. The highest BCUT2D eigenvalue weighted by Crippen LogP contribution is 2.19. The molecule has 97 valence electrons. The Hall–Kier alpha value is 0. The van der Waals surface area contributed by atoms with E-state index in [-0.39, 0.29) is 0 Å². The van der Waals surface area contributed by atoms with Gasteiger partial charge in [0, 0.05) is 0 Å². The van der Waals surface area contributed by atoms with E-state index >= 15 is 0 Å². The van der Waals surface area contributed by atoms with Crippen molar-refractivity contribution in [3.05, 3.63) is 5.92 Å². The zero-order valence-corrected chi connectivity index (χ0v) is 12.0. The van der Waals surface area contributed by atoms with Crippen molar-refractivity contribution in [1.29, 1.82) is 0 Å². The van der Waals surface area contributed by atoms with Crippen molar-refractivity contribution in [3.8, 4) is 0 Å². The molecule has 0 heterocycles. The molecule has 0 aliphatic heterocycles. The van der Waals surface area contributed by atoms with Crippen molar-refractivity contribution < 1.29 is 0 Å². The van der Waals surface area contributed by atoms with Crippen LogP contribution in [-0.2, 0) is 0 Å². The third-order valence-electron chi connectivity index (χ3n) is 3.63. The Morgan fingerprint density at radius 3 is 1.44 bits per heavy atom. The van der Waals surface area contributed by atoms with Crippen molar-refractivity contribution in [1.82, 2.24) is 0 Å². The molecule has 0 nitrogen and oxygen atoms in total. The van der Waals surface area contributed by atoms with Gasteiger partial charge in [-0.25, -0.2) is 0 Å². The molecule has 0 rings (SSSR count). The first-order chi connectivity index (χ1) is 7.85. The summed E-state index contributed by atoms with van der Waals surface area (Å²) in [6, 6.07) is 0. The van der Waals surface area contributed by atoms with Gasteiger partial charge < -0.3 is 0 Å². The predicted octanol–water partition coefficient (Wildman–Crippen LogP) is 6.30. The molecule has 0 heteroatoms. The van der Waals surface area contributed by atoms with Gasteiger partial charge in [0.15, 0.2) is 0 Å². The molecular weight excluding hydrogens is 192 g/mol. The van der Waals surface area contributed by atoms with E-state index in [1.165, 1.54) is 77.0 Å². The van der Waals surface area contributed by atoms with E-state index in [9.17, 15) is 0 Å². The van der Waals surface area contributed by atoms with Crippen molar-refractivity contribution in [2.24, 2.45) is 0 Å². The average Bonchev–Trinajstić information content (AvgIpc) is 2.32. The summed E-state index contributed by atoms with van der Waals surface area (Å²) in [5, 5.41) is 0. The SMILES string of the molecule is CCCCCCCCCCC[C](CC)CC. The number of hydrogen-bond donors (Lipinski definition) is 0. The van der Waals surface area contributed by atoms with Crippen LogP contribution in [0.3, 0.4) is 0 Å². The van der Waals surface area contributed by atoms with Crippen LogP contribution in [0.25, 0.3) is 0 Å². The summed E-state index contributed by atoms with van der Waals surface area (Å²) in [5.74, 6) is 1.77. The van der Waals surface area contributed by atoms with Crippen molar-refractivity contribution >= 4 is 0 Å². The molecule has 0 unspecified atom stereocenters. The minimum atomic E-state index is 1.30. The van der Waals surface area contributed by atoms with Crippen LogP contribution in [0, 0.1) is 5.92 Å². The lowest BCUT2D eigenvalue weighted by atomic mass is 9.95. The fourth-order valence-corrected chi connectivity index (χ4v) is 2.29. The first kappa shape index (κ1) is 16.0. The van der Waals surface area contributed by atoms with E-state index in [1.54, 1.807) is 5.92 Å². The Balaban J connectivity index is 3.03. The fraction of sp³-hybridized carbons (Fsp3) is 0.938. The number of rotatable bonds is 12. The molecule has 0 amide bonds. The van der Waals surface area contributed by atoms with Crippen LogP contribution in [0.15, 0.2) is 0 Å². The van der Waals surface area contributed by atoms with Crippen LogP contribution in [-0.4, -0.2) is 0 Å². The van der Waals surface area contributed by atoms with E-state index in [0.29, 0.717) is 0 Å². The molecule has 1 radical (unpaired) electrons. The third kappa shape index (κ3) is 10.5. The molecule has 0 aromatic carbocycles. The highest BCUT2D eigenvalue weighted by Gasteiger charge is 2.02. The molecule has 0 aliphatic rings. The van der Waals surface area contributed by atoms with Gasteiger partial charge in [0.25, 0.3) is 0 Å². The molecule has 16 heavy (non-hydrogen) atoms. The van der Waals surface area contributed by atoms with Gasteiger partial charge in [0.1, 0.15) is 0 Å². The predicted molar refractivity (Wildman–Crippen MR) is 75.7 cm³/mol. The Labute approximate surface area is 104 Å². The summed E-state index contributed by atoms with van der Waals surface area (Å²) in [6.45, 7) is 6.88. The molecule has 0 saturated carbocycles. The van der Waals surface area contributed by atoms with Gasteiger partial charge >= 0.3 is 0 Å². The molecule has 0 bridgehead atoms. The number of hydrogen-bond acceptors (Lipinski definition) is 0. The maximum Gasteiger partial charge on any atom is -0.0246 e. The van der Waals surface area contributed by atoms with E-state index in [0.717, 1.165) is 0 Å². The van der Waals surface area contributed by atoms with E-state index in [2.05, 4.69) is 20.8 Å². The highest BCUT2D eigenvalue weighted by atomic mass is 14.1. The molecule has 0 atom stereocenters. The van der Waals surface area contributed by atoms with Crippen LogP contribution in [0.2, 0.25) is 0 Å². The van der Waals surface area contributed by atoms with Crippen molar-refractivity contribution in [2.75, 3.05) is 0 Å². The Morgan fingerprint density at radius 1 is 0.562 bits per heavy atom. The quantitative estimate of drug-likeness (QED) is 0.342. The van der Waals surface area contributed by atoms with Crippen molar-refractivity contribution in [2.45, 2.75) is 97.8 Å². The molecule has 0 saturated heterocycles. The Bertz CT molecular complexity index is 113. The molecule has 0 aliphatic carbocycles. The van der Waals surface area contributed by atoms with Crippen LogP contribution in [0.1, 0.15) is 97.8 Å². The van der Waals surface area contributed by atoms with Gasteiger partial charge in [-0.1, -0.05) is 78.6 Å². The van der Waals surface area contributed by atoms with Crippen LogP contribution in [0.5, 0.6) is 0 Å². The summed E-state index contributed by atoms with van der Waals surface area (Å²) >= 11 is 0. The van der Waals surface area contributed by atoms with Crippen molar-refractivity contribution in [3.63, 3.8) is 0 Å². The monoisotopic (exact) mass is 225 g/mol. The van der Waals surface area contributed by atoms with Gasteiger partial charge in [-0.15, -0.1) is 0 Å². The van der Waals surface area contributed by atoms with Crippen LogP contribution in [0.4, 0.5) is 0 Å². The zero-order chi connectivity index (χ0) is 12.1. The molecule has 0 spiro atoms. The number of unbranched alkanes of at least 4 members (excludes halogenated alkanes) is 8. The molecule has 0 aromatic rings. The standard InChI is InChI=1S/C16H33/c1-4-7-8-9-10-11-12-13-14-15-16(5-2)6-3/h4-15H2,1-3H3.